The lowest BCUT2D eigenvalue weighted by molar-refractivity contribution is 0.221. The van der Waals surface area contributed by atoms with Gasteiger partial charge >= 0.3 is 0 Å². The predicted octanol–water partition coefficient (Wildman–Crippen LogP) is 2.67. The van der Waals surface area contributed by atoms with Gasteiger partial charge in [-0.2, -0.15) is 5.10 Å². The molecule has 7 nitrogen and oxygen atoms in total. The first-order chi connectivity index (χ1) is 13.2. The number of aromatic nitrogens is 3. The Kier molecular flexibility index (Phi) is 9.69. The molecule has 0 aliphatic carbocycles. The summed E-state index contributed by atoms with van der Waals surface area (Å²) in [6.45, 7) is 7.65. The fraction of sp³-hybridized carbons (Fsp3) is 0.550. The van der Waals surface area contributed by atoms with Crippen LogP contribution in [0.2, 0.25) is 0 Å². The Morgan fingerprint density at radius 2 is 1.79 bits per heavy atom. The van der Waals surface area contributed by atoms with Crippen molar-refractivity contribution in [3.63, 3.8) is 0 Å². The van der Waals surface area contributed by atoms with Gasteiger partial charge in [0, 0.05) is 20.1 Å². The molecule has 8 heteroatoms. The van der Waals surface area contributed by atoms with E-state index in [1.807, 2.05) is 7.05 Å². The zero-order valence-corrected chi connectivity index (χ0v) is 19.2. The van der Waals surface area contributed by atoms with E-state index in [2.05, 4.69) is 61.8 Å². The second-order valence-corrected chi connectivity index (χ2v) is 7.00. The standard InChI is InChI=1S/C20H31N7.HI/c1-3-21-20(23-14-19-24-16-25-26(19)2)22-13-17-7-9-18(10-8-17)15-27-11-5-4-6-12-27;/h7-10,16H,3-6,11-15H2,1-2H3,(H2,21,22,23);1H. The molecule has 2 heterocycles. The minimum absolute atomic E-state index is 0. The number of nitrogens with one attached hydrogen (secondary N) is 2. The predicted molar refractivity (Wildman–Crippen MR) is 124 cm³/mol. The quantitative estimate of drug-likeness (QED) is 0.350. The van der Waals surface area contributed by atoms with E-state index in [0.29, 0.717) is 13.1 Å². The topological polar surface area (TPSA) is 70.4 Å². The molecule has 0 unspecified atom stereocenters. The first-order valence-electron chi connectivity index (χ1n) is 9.90. The van der Waals surface area contributed by atoms with Crippen LogP contribution in [0.25, 0.3) is 0 Å². The van der Waals surface area contributed by atoms with Crippen molar-refractivity contribution in [1.29, 1.82) is 0 Å². The summed E-state index contributed by atoms with van der Waals surface area (Å²) in [4.78, 5) is 11.5. The van der Waals surface area contributed by atoms with Crippen molar-refractivity contribution in [2.45, 2.75) is 45.8 Å². The largest absolute Gasteiger partial charge is 0.357 e. The number of hydrogen-bond donors (Lipinski definition) is 2. The lowest BCUT2D eigenvalue weighted by Gasteiger charge is -2.26. The summed E-state index contributed by atoms with van der Waals surface area (Å²) in [5.41, 5.74) is 2.60. The maximum absolute atomic E-state index is 4.68. The van der Waals surface area contributed by atoms with Gasteiger partial charge in [-0.05, 0) is 44.0 Å². The van der Waals surface area contributed by atoms with E-state index >= 15 is 0 Å². The number of rotatable bonds is 7. The van der Waals surface area contributed by atoms with Crippen LogP contribution >= 0.6 is 24.0 Å². The maximum Gasteiger partial charge on any atom is 0.191 e. The Hall–Kier alpha value is -1.68. The molecule has 2 N–H and O–H groups in total. The van der Waals surface area contributed by atoms with E-state index in [9.17, 15) is 0 Å². The van der Waals surface area contributed by atoms with Gasteiger partial charge in [-0.15, -0.1) is 24.0 Å². The van der Waals surface area contributed by atoms with E-state index in [1.54, 1.807) is 11.0 Å². The van der Waals surface area contributed by atoms with E-state index in [0.717, 1.165) is 24.9 Å². The number of halogens is 1. The van der Waals surface area contributed by atoms with E-state index in [1.165, 1.54) is 43.5 Å². The third kappa shape index (κ3) is 7.05. The van der Waals surface area contributed by atoms with Gasteiger partial charge < -0.3 is 10.6 Å². The molecule has 1 aromatic heterocycles. The van der Waals surface area contributed by atoms with Gasteiger partial charge in [-0.1, -0.05) is 30.7 Å². The van der Waals surface area contributed by atoms with Crippen molar-refractivity contribution in [3.05, 3.63) is 47.5 Å². The first kappa shape index (κ1) is 22.6. The highest BCUT2D eigenvalue weighted by Crippen LogP contribution is 2.14. The molecule has 1 fully saturated rings. The molecule has 0 atom stereocenters. The second kappa shape index (κ2) is 12.0. The summed E-state index contributed by atoms with van der Waals surface area (Å²) in [7, 11) is 1.89. The number of likely N-dealkylation sites (tertiary alicyclic amines) is 1. The molecular formula is C20H32IN7. The van der Waals surface area contributed by atoms with Gasteiger partial charge in [0.05, 0.1) is 13.1 Å². The molecule has 1 saturated heterocycles. The monoisotopic (exact) mass is 497 g/mol. The van der Waals surface area contributed by atoms with Gasteiger partial charge in [0.1, 0.15) is 12.2 Å². The fourth-order valence-electron chi connectivity index (χ4n) is 3.28. The molecule has 2 aromatic rings. The summed E-state index contributed by atoms with van der Waals surface area (Å²) in [5.74, 6) is 1.67. The number of nitrogens with zero attached hydrogens (tertiary/aromatic N) is 5. The molecular weight excluding hydrogens is 465 g/mol. The average Bonchev–Trinajstić information content (AvgIpc) is 3.11. The van der Waals surface area contributed by atoms with Crippen LogP contribution in [-0.2, 0) is 26.7 Å². The van der Waals surface area contributed by atoms with E-state index in [4.69, 9.17) is 0 Å². The molecule has 3 rings (SSSR count). The number of guanidine groups is 1. The molecule has 154 valence electrons. The summed E-state index contributed by atoms with van der Waals surface area (Å²) in [5, 5.41) is 10.7. The highest BCUT2D eigenvalue weighted by molar-refractivity contribution is 14.0. The van der Waals surface area contributed by atoms with Gasteiger partial charge in [0.25, 0.3) is 0 Å². The number of aliphatic imine (C=N–C) groups is 1. The zero-order chi connectivity index (χ0) is 18.9. The van der Waals surface area contributed by atoms with Gasteiger partial charge in [0.15, 0.2) is 5.96 Å². The Bertz CT molecular complexity index is 720. The zero-order valence-electron chi connectivity index (χ0n) is 16.9. The molecule has 28 heavy (non-hydrogen) atoms. The Morgan fingerprint density at radius 3 is 2.43 bits per heavy atom. The third-order valence-electron chi connectivity index (χ3n) is 4.86. The molecule has 1 aromatic carbocycles. The average molecular weight is 497 g/mol. The van der Waals surface area contributed by atoms with E-state index in [-0.39, 0.29) is 24.0 Å². The number of benzene rings is 1. The van der Waals surface area contributed by atoms with Gasteiger partial charge in [0.2, 0.25) is 0 Å². The van der Waals surface area contributed by atoms with Gasteiger partial charge in [-0.25, -0.2) is 9.98 Å². The minimum atomic E-state index is 0. The van der Waals surface area contributed by atoms with E-state index < -0.39 is 0 Å². The summed E-state index contributed by atoms with van der Waals surface area (Å²) in [6, 6.07) is 8.85. The van der Waals surface area contributed by atoms with Crippen LogP contribution in [0.3, 0.4) is 0 Å². The third-order valence-corrected chi connectivity index (χ3v) is 4.86. The van der Waals surface area contributed by atoms with Crippen LogP contribution in [0, 0.1) is 0 Å². The summed E-state index contributed by atoms with van der Waals surface area (Å²) in [6.07, 6.45) is 5.61. The molecule has 0 saturated carbocycles. The van der Waals surface area contributed by atoms with Crippen molar-refractivity contribution in [2.24, 2.45) is 12.0 Å². The minimum Gasteiger partial charge on any atom is -0.357 e. The van der Waals surface area contributed by atoms with Crippen LogP contribution in [0.1, 0.15) is 43.1 Å². The van der Waals surface area contributed by atoms with Crippen LogP contribution < -0.4 is 10.6 Å². The number of piperidine rings is 1. The number of hydrogen-bond acceptors (Lipinski definition) is 4. The van der Waals surface area contributed by atoms with Crippen molar-refractivity contribution in [1.82, 2.24) is 30.3 Å². The van der Waals surface area contributed by atoms with Crippen molar-refractivity contribution < 1.29 is 0 Å². The van der Waals surface area contributed by atoms with Crippen LogP contribution in [0.5, 0.6) is 0 Å². The maximum atomic E-state index is 4.68. The van der Waals surface area contributed by atoms with Crippen LogP contribution in [0.4, 0.5) is 0 Å². The number of aryl methyl sites for hydroxylation is 1. The van der Waals surface area contributed by atoms with Crippen LogP contribution in [0.15, 0.2) is 35.6 Å². The molecule has 0 radical (unpaired) electrons. The summed E-state index contributed by atoms with van der Waals surface area (Å²) < 4.78 is 1.76. The molecule has 1 aliphatic rings. The second-order valence-electron chi connectivity index (χ2n) is 7.00. The normalized spacial score (nSPS) is 15.1. The molecule has 0 amide bonds. The Labute approximate surface area is 185 Å². The fourth-order valence-corrected chi connectivity index (χ4v) is 3.28. The highest BCUT2D eigenvalue weighted by atomic mass is 127. The SMILES string of the molecule is CCNC(=NCc1ccc(CN2CCCCC2)cc1)NCc1ncnn1C.I. The highest BCUT2D eigenvalue weighted by Gasteiger charge is 2.10. The van der Waals surface area contributed by atoms with Crippen molar-refractivity contribution in [3.8, 4) is 0 Å². The van der Waals surface area contributed by atoms with Gasteiger partial charge in [-0.3, -0.25) is 9.58 Å². The first-order valence-corrected chi connectivity index (χ1v) is 9.90. The lowest BCUT2D eigenvalue weighted by atomic mass is 10.1. The van der Waals surface area contributed by atoms with Crippen molar-refractivity contribution >= 4 is 29.9 Å². The smallest absolute Gasteiger partial charge is 0.191 e. The van der Waals surface area contributed by atoms with Crippen LogP contribution in [-0.4, -0.2) is 45.3 Å². The Morgan fingerprint density at radius 1 is 1.07 bits per heavy atom. The molecule has 0 spiro atoms. The molecule has 1 aliphatic heterocycles. The molecule has 0 bridgehead atoms. The van der Waals surface area contributed by atoms with Crippen molar-refractivity contribution in [2.75, 3.05) is 19.6 Å². The Balaban J connectivity index is 0.00000280. The summed E-state index contributed by atoms with van der Waals surface area (Å²) >= 11 is 0. The lowest BCUT2D eigenvalue weighted by Crippen LogP contribution is -2.37.